The van der Waals surface area contributed by atoms with Gasteiger partial charge in [-0.3, -0.25) is 4.79 Å². The quantitative estimate of drug-likeness (QED) is 0.842. The van der Waals surface area contributed by atoms with Gasteiger partial charge in [0.25, 0.3) is 5.91 Å². The highest BCUT2D eigenvalue weighted by Gasteiger charge is 2.10. The molecule has 2 aromatic rings. The maximum Gasteiger partial charge on any atom is 0.287 e. The Labute approximate surface area is 129 Å². The van der Waals surface area contributed by atoms with E-state index in [9.17, 15) is 13.2 Å². The van der Waals surface area contributed by atoms with Gasteiger partial charge in [0.1, 0.15) is 5.76 Å². The summed E-state index contributed by atoms with van der Waals surface area (Å²) in [6, 6.07) is 10.3. The molecule has 1 aromatic carbocycles. The summed E-state index contributed by atoms with van der Waals surface area (Å²) in [4.78, 5) is 11.9. The second-order valence-corrected chi connectivity index (χ2v) is 6.54. The smallest absolute Gasteiger partial charge is 0.287 e. The molecule has 0 fully saturated rings. The van der Waals surface area contributed by atoms with Gasteiger partial charge in [0.05, 0.1) is 5.75 Å². The van der Waals surface area contributed by atoms with Crippen LogP contribution < -0.4 is 10.5 Å². The summed E-state index contributed by atoms with van der Waals surface area (Å²) in [5.41, 5.74) is 1.46. The molecule has 0 spiro atoms. The lowest BCUT2D eigenvalue weighted by Crippen LogP contribution is -2.22. The van der Waals surface area contributed by atoms with Crippen molar-refractivity contribution in [3.63, 3.8) is 0 Å². The molecule has 0 radical (unpaired) electrons. The molecule has 2 rings (SSSR count). The highest BCUT2D eigenvalue weighted by atomic mass is 32.2. The molecule has 118 valence electrons. The summed E-state index contributed by atoms with van der Waals surface area (Å²) >= 11 is 0. The Balaban J connectivity index is 1.92. The normalized spacial score (nSPS) is 11.4. The molecule has 0 aliphatic rings. The molecule has 0 saturated heterocycles. The number of carbonyl (C=O) groups is 1. The number of benzene rings is 1. The number of nitrogens with two attached hydrogens (primary N) is 1. The Bertz CT molecular complexity index is 748. The van der Waals surface area contributed by atoms with E-state index in [1.165, 1.54) is 0 Å². The number of sulfonamides is 1. The zero-order valence-electron chi connectivity index (χ0n) is 12.2. The third kappa shape index (κ3) is 4.71. The van der Waals surface area contributed by atoms with Crippen molar-refractivity contribution in [2.45, 2.75) is 25.6 Å². The molecule has 0 atom stereocenters. The van der Waals surface area contributed by atoms with Crippen molar-refractivity contribution >= 4 is 15.9 Å². The van der Waals surface area contributed by atoms with Gasteiger partial charge in [-0.25, -0.2) is 13.6 Å². The Kier molecular flexibility index (Phi) is 4.99. The lowest BCUT2D eigenvalue weighted by molar-refractivity contribution is 0.0921. The Morgan fingerprint density at radius 2 is 1.77 bits per heavy atom. The molecule has 6 nitrogen and oxygen atoms in total. The first-order chi connectivity index (χ1) is 10.4. The van der Waals surface area contributed by atoms with Gasteiger partial charge in [-0.1, -0.05) is 31.2 Å². The lowest BCUT2D eigenvalue weighted by atomic mass is 10.1. The van der Waals surface area contributed by atoms with Crippen molar-refractivity contribution in [2.75, 3.05) is 0 Å². The zero-order valence-corrected chi connectivity index (χ0v) is 13.0. The number of carbonyl (C=O) groups excluding carboxylic acids is 1. The van der Waals surface area contributed by atoms with Gasteiger partial charge in [-0.2, -0.15) is 0 Å². The minimum Gasteiger partial charge on any atom is -0.456 e. The van der Waals surface area contributed by atoms with E-state index in [-0.39, 0.29) is 17.4 Å². The van der Waals surface area contributed by atoms with E-state index in [1.807, 2.05) is 6.92 Å². The molecule has 3 N–H and O–H groups in total. The molecule has 0 unspecified atom stereocenters. The second kappa shape index (κ2) is 6.76. The maximum absolute atomic E-state index is 11.9. The number of furan rings is 1. The second-order valence-electron chi connectivity index (χ2n) is 4.93. The predicted octanol–water partition coefficient (Wildman–Crippen LogP) is 1.56. The van der Waals surface area contributed by atoms with Crippen molar-refractivity contribution in [1.29, 1.82) is 0 Å². The maximum atomic E-state index is 11.9. The first kappa shape index (κ1) is 16.3. The van der Waals surface area contributed by atoms with Gasteiger partial charge in [0.15, 0.2) is 5.76 Å². The van der Waals surface area contributed by atoms with Crippen molar-refractivity contribution in [2.24, 2.45) is 5.14 Å². The van der Waals surface area contributed by atoms with E-state index in [2.05, 4.69) is 5.32 Å². The van der Waals surface area contributed by atoms with Crippen LogP contribution in [0.3, 0.4) is 0 Å². The molecule has 22 heavy (non-hydrogen) atoms. The van der Waals surface area contributed by atoms with E-state index in [0.717, 1.165) is 17.7 Å². The average Bonchev–Trinajstić information content (AvgIpc) is 2.93. The Morgan fingerprint density at radius 1 is 1.14 bits per heavy atom. The number of hydrogen-bond donors (Lipinski definition) is 2. The van der Waals surface area contributed by atoms with Gasteiger partial charge < -0.3 is 9.73 Å². The van der Waals surface area contributed by atoms with Crippen molar-refractivity contribution in [3.05, 3.63) is 59.0 Å². The molecule has 1 aromatic heterocycles. The van der Waals surface area contributed by atoms with E-state index >= 15 is 0 Å². The lowest BCUT2D eigenvalue weighted by Gasteiger charge is -2.05. The highest BCUT2D eigenvalue weighted by molar-refractivity contribution is 7.88. The summed E-state index contributed by atoms with van der Waals surface area (Å²) < 4.78 is 27.4. The van der Waals surface area contributed by atoms with Crippen LogP contribution in [0.1, 0.15) is 34.4 Å². The minimum absolute atomic E-state index is 0.203. The first-order valence-corrected chi connectivity index (χ1v) is 8.54. The van der Waals surface area contributed by atoms with Crippen molar-refractivity contribution in [1.82, 2.24) is 5.32 Å². The van der Waals surface area contributed by atoms with Crippen LogP contribution in [0.25, 0.3) is 0 Å². The molecular weight excluding hydrogens is 304 g/mol. The van der Waals surface area contributed by atoms with Crippen LogP contribution in [0.15, 0.2) is 40.8 Å². The summed E-state index contributed by atoms with van der Waals surface area (Å²) in [6.07, 6.45) is 0.735. The topological polar surface area (TPSA) is 102 Å². The van der Waals surface area contributed by atoms with Crippen LogP contribution >= 0.6 is 0 Å². The largest absolute Gasteiger partial charge is 0.456 e. The van der Waals surface area contributed by atoms with Crippen LogP contribution in [-0.2, 0) is 28.7 Å². The summed E-state index contributed by atoms with van der Waals surface area (Å²) in [7, 11) is -3.53. The van der Waals surface area contributed by atoms with Crippen LogP contribution in [0.5, 0.6) is 0 Å². The van der Waals surface area contributed by atoms with Crippen LogP contribution in [-0.4, -0.2) is 14.3 Å². The summed E-state index contributed by atoms with van der Waals surface area (Å²) in [5, 5.41) is 7.73. The SMILES string of the molecule is CCc1ccc(C(=O)NCc2ccc(CS(N)(=O)=O)cc2)o1. The molecule has 0 bridgehead atoms. The van der Waals surface area contributed by atoms with Gasteiger partial charge in [-0.05, 0) is 23.3 Å². The molecule has 1 amide bonds. The molecule has 0 saturated carbocycles. The molecule has 0 aliphatic heterocycles. The molecule has 0 aliphatic carbocycles. The minimum atomic E-state index is -3.53. The van der Waals surface area contributed by atoms with Crippen LogP contribution in [0.4, 0.5) is 0 Å². The van der Waals surface area contributed by atoms with E-state index < -0.39 is 10.0 Å². The number of primary sulfonamides is 1. The number of aryl methyl sites for hydroxylation is 1. The Hall–Kier alpha value is -2.12. The monoisotopic (exact) mass is 322 g/mol. The van der Waals surface area contributed by atoms with Gasteiger partial charge in [0, 0.05) is 13.0 Å². The van der Waals surface area contributed by atoms with Crippen LogP contribution in [0, 0.1) is 0 Å². The number of hydrogen-bond acceptors (Lipinski definition) is 4. The van der Waals surface area contributed by atoms with Gasteiger partial charge in [0.2, 0.25) is 10.0 Å². The van der Waals surface area contributed by atoms with E-state index in [4.69, 9.17) is 9.56 Å². The molecule has 1 heterocycles. The number of nitrogens with one attached hydrogen (secondary N) is 1. The Morgan fingerprint density at radius 3 is 2.32 bits per heavy atom. The highest BCUT2D eigenvalue weighted by Crippen LogP contribution is 2.10. The van der Waals surface area contributed by atoms with Gasteiger partial charge in [-0.15, -0.1) is 0 Å². The summed E-state index contributed by atoms with van der Waals surface area (Å²) in [6.45, 7) is 2.28. The van der Waals surface area contributed by atoms with E-state index in [1.54, 1.807) is 36.4 Å². The van der Waals surface area contributed by atoms with Gasteiger partial charge >= 0.3 is 0 Å². The fourth-order valence-corrected chi connectivity index (χ4v) is 2.60. The first-order valence-electron chi connectivity index (χ1n) is 6.82. The average molecular weight is 322 g/mol. The molecule has 7 heteroatoms. The number of amides is 1. The fraction of sp³-hybridized carbons (Fsp3) is 0.267. The fourth-order valence-electron chi connectivity index (χ4n) is 1.95. The van der Waals surface area contributed by atoms with Crippen molar-refractivity contribution < 1.29 is 17.6 Å². The zero-order chi connectivity index (χ0) is 16.2. The third-order valence-electron chi connectivity index (χ3n) is 3.08. The number of rotatable bonds is 6. The van der Waals surface area contributed by atoms with E-state index in [0.29, 0.717) is 12.1 Å². The third-order valence-corrected chi connectivity index (χ3v) is 3.81. The van der Waals surface area contributed by atoms with Crippen LogP contribution in [0.2, 0.25) is 0 Å². The predicted molar refractivity (Wildman–Crippen MR) is 82.5 cm³/mol. The summed E-state index contributed by atoms with van der Waals surface area (Å²) in [5.74, 6) is 0.555. The molecular formula is C15H18N2O4S. The van der Waals surface area contributed by atoms with Crippen molar-refractivity contribution in [3.8, 4) is 0 Å². The standard InChI is InChI=1S/C15H18N2O4S/c1-2-13-7-8-14(21-13)15(18)17-9-11-3-5-12(6-4-11)10-22(16,19)20/h3-8H,2,9-10H2,1H3,(H,17,18)(H2,16,19,20).